The summed E-state index contributed by atoms with van der Waals surface area (Å²) in [6, 6.07) is 7.83. The van der Waals surface area contributed by atoms with Crippen molar-refractivity contribution in [2.24, 2.45) is 16.6 Å². The normalized spacial score (nSPS) is 15.2. The summed E-state index contributed by atoms with van der Waals surface area (Å²) >= 11 is 0. The number of primary amides is 1. The average Bonchev–Trinajstić information content (AvgIpc) is 2.53. The topological polar surface area (TPSA) is 67.5 Å². The fourth-order valence-corrected chi connectivity index (χ4v) is 1.82. The second kappa shape index (κ2) is 4.82. The molecule has 0 saturated carbocycles. The Balaban J connectivity index is 2.31. The van der Waals surface area contributed by atoms with Gasteiger partial charge in [0.25, 0.3) is 0 Å². The number of benzene rings is 1. The van der Waals surface area contributed by atoms with Gasteiger partial charge in [-0.05, 0) is 12.5 Å². The number of hydrogen-bond donors (Lipinski definition) is 2. The summed E-state index contributed by atoms with van der Waals surface area (Å²) in [5, 5.41) is 3.15. The number of anilines is 1. The zero-order valence-corrected chi connectivity index (χ0v) is 9.68. The van der Waals surface area contributed by atoms with Crippen LogP contribution in [0.3, 0.4) is 0 Å². The van der Waals surface area contributed by atoms with Crippen LogP contribution in [0.4, 0.5) is 5.69 Å². The van der Waals surface area contributed by atoms with Gasteiger partial charge in [0.2, 0.25) is 5.91 Å². The standard InChI is InChI=1S/C13H15N3O/c1-2-10(13(14)17)12-8-16-11-6-4-3-5-9(11)7-15-12/h3-8,10,16H,2H2,1H3,(H2,14,17). The van der Waals surface area contributed by atoms with Gasteiger partial charge in [-0.3, -0.25) is 9.79 Å². The van der Waals surface area contributed by atoms with Crippen LogP contribution in [-0.2, 0) is 4.79 Å². The largest absolute Gasteiger partial charge is 0.369 e. The maximum atomic E-state index is 11.3. The van der Waals surface area contributed by atoms with Crippen LogP contribution in [0.5, 0.6) is 0 Å². The number of hydrogen-bond acceptors (Lipinski definition) is 3. The first-order chi connectivity index (χ1) is 8.22. The fourth-order valence-electron chi connectivity index (χ4n) is 1.82. The number of carbonyl (C=O) groups is 1. The number of fused-ring (bicyclic) bond motifs is 1. The van der Waals surface area contributed by atoms with E-state index >= 15 is 0 Å². The van der Waals surface area contributed by atoms with Gasteiger partial charge in [-0.15, -0.1) is 0 Å². The Hall–Kier alpha value is -2.10. The molecule has 0 radical (unpaired) electrons. The number of aliphatic imine (C=N–C) groups is 1. The van der Waals surface area contributed by atoms with Crippen molar-refractivity contribution in [3.05, 3.63) is 41.7 Å². The molecule has 4 heteroatoms. The van der Waals surface area contributed by atoms with Crippen molar-refractivity contribution in [2.45, 2.75) is 13.3 Å². The predicted molar refractivity (Wildman–Crippen MR) is 68.7 cm³/mol. The Bertz CT molecular complexity index is 491. The van der Waals surface area contributed by atoms with Gasteiger partial charge in [-0.2, -0.15) is 0 Å². The zero-order chi connectivity index (χ0) is 12.3. The second-order valence-electron chi connectivity index (χ2n) is 3.92. The van der Waals surface area contributed by atoms with Crippen molar-refractivity contribution in [1.82, 2.24) is 0 Å². The summed E-state index contributed by atoms with van der Waals surface area (Å²) in [5.41, 5.74) is 8.01. The van der Waals surface area contributed by atoms with Crippen molar-refractivity contribution in [3.8, 4) is 0 Å². The number of carbonyl (C=O) groups excluding carboxylic acids is 1. The molecule has 17 heavy (non-hydrogen) atoms. The van der Waals surface area contributed by atoms with E-state index in [1.165, 1.54) is 0 Å². The van der Waals surface area contributed by atoms with Crippen LogP contribution in [0.15, 0.2) is 41.2 Å². The minimum absolute atomic E-state index is 0.340. The number of para-hydroxylation sites is 1. The van der Waals surface area contributed by atoms with E-state index in [4.69, 9.17) is 5.73 Å². The first kappa shape index (κ1) is 11.4. The first-order valence-corrected chi connectivity index (χ1v) is 5.61. The molecule has 1 aromatic rings. The van der Waals surface area contributed by atoms with Crippen LogP contribution in [0.2, 0.25) is 0 Å². The van der Waals surface area contributed by atoms with Crippen LogP contribution in [0, 0.1) is 5.92 Å². The molecule has 4 nitrogen and oxygen atoms in total. The lowest BCUT2D eigenvalue weighted by Crippen LogP contribution is -2.24. The zero-order valence-electron chi connectivity index (χ0n) is 9.68. The lowest BCUT2D eigenvalue weighted by Gasteiger charge is -2.10. The lowest BCUT2D eigenvalue weighted by molar-refractivity contribution is -0.120. The number of nitrogens with one attached hydrogen (secondary N) is 1. The quantitative estimate of drug-likeness (QED) is 0.831. The van der Waals surface area contributed by atoms with E-state index in [0.29, 0.717) is 12.1 Å². The maximum Gasteiger partial charge on any atom is 0.226 e. The van der Waals surface area contributed by atoms with Gasteiger partial charge in [0.1, 0.15) is 0 Å². The molecule has 0 spiro atoms. The molecule has 1 atom stereocenters. The molecule has 1 aliphatic rings. The third kappa shape index (κ3) is 2.36. The van der Waals surface area contributed by atoms with E-state index in [9.17, 15) is 4.79 Å². The summed E-state index contributed by atoms with van der Waals surface area (Å²) < 4.78 is 0. The Morgan fingerprint density at radius 2 is 2.24 bits per heavy atom. The molecule has 1 heterocycles. The molecule has 0 saturated heterocycles. The summed E-state index contributed by atoms with van der Waals surface area (Å²) in [4.78, 5) is 15.6. The van der Waals surface area contributed by atoms with Gasteiger partial charge in [-0.25, -0.2) is 0 Å². The lowest BCUT2D eigenvalue weighted by atomic mass is 10.0. The van der Waals surface area contributed by atoms with Crippen LogP contribution < -0.4 is 11.1 Å². The van der Waals surface area contributed by atoms with Crippen molar-refractivity contribution in [3.63, 3.8) is 0 Å². The molecule has 1 unspecified atom stereocenters. The monoisotopic (exact) mass is 229 g/mol. The molecule has 0 bridgehead atoms. The molecule has 3 N–H and O–H groups in total. The second-order valence-corrected chi connectivity index (χ2v) is 3.92. The Labute approximate surface area is 100 Å². The molecule has 1 aromatic carbocycles. The summed E-state index contributed by atoms with van der Waals surface area (Å²) in [5.74, 6) is -0.684. The van der Waals surface area contributed by atoms with Gasteiger partial charge in [0.05, 0.1) is 11.6 Å². The molecular weight excluding hydrogens is 214 g/mol. The van der Waals surface area contributed by atoms with Gasteiger partial charge < -0.3 is 11.1 Å². The average molecular weight is 229 g/mol. The van der Waals surface area contributed by atoms with Crippen LogP contribution in [-0.4, -0.2) is 12.1 Å². The highest BCUT2D eigenvalue weighted by molar-refractivity contribution is 5.90. The van der Waals surface area contributed by atoms with E-state index in [-0.39, 0.29) is 11.8 Å². The third-order valence-corrected chi connectivity index (χ3v) is 2.80. The molecule has 88 valence electrons. The molecule has 1 aliphatic heterocycles. The SMILES string of the molecule is CCC(C(N)=O)C1=CNc2ccccc2C=N1. The predicted octanol–water partition coefficient (Wildman–Crippen LogP) is 1.88. The van der Waals surface area contributed by atoms with E-state index in [1.54, 1.807) is 12.4 Å². The van der Waals surface area contributed by atoms with E-state index in [1.807, 2.05) is 31.2 Å². The highest BCUT2D eigenvalue weighted by Crippen LogP contribution is 2.22. The number of rotatable bonds is 3. The summed E-state index contributed by atoms with van der Waals surface area (Å²) in [6.45, 7) is 1.92. The molecule has 2 rings (SSSR count). The maximum absolute atomic E-state index is 11.3. The molecule has 1 amide bonds. The number of amides is 1. The van der Waals surface area contributed by atoms with Crippen LogP contribution >= 0.6 is 0 Å². The summed E-state index contributed by atoms with van der Waals surface area (Å²) in [7, 11) is 0. The first-order valence-electron chi connectivity index (χ1n) is 5.61. The molecule has 0 aliphatic carbocycles. The minimum atomic E-state index is -0.344. The van der Waals surface area contributed by atoms with Crippen molar-refractivity contribution < 1.29 is 4.79 Å². The minimum Gasteiger partial charge on any atom is -0.369 e. The van der Waals surface area contributed by atoms with Gasteiger partial charge >= 0.3 is 0 Å². The fraction of sp³-hybridized carbons (Fsp3) is 0.231. The van der Waals surface area contributed by atoms with Crippen LogP contribution in [0.1, 0.15) is 18.9 Å². The van der Waals surface area contributed by atoms with E-state index < -0.39 is 0 Å². The Kier molecular flexibility index (Phi) is 3.23. The Morgan fingerprint density at radius 3 is 2.94 bits per heavy atom. The van der Waals surface area contributed by atoms with Crippen molar-refractivity contribution in [2.75, 3.05) is 5.32 Å². The van der Waals surface area contributed by atoms with Crippen LogP contribution in [0.25, 0.3) is 0 Å². The Morgan fingerprint density at radius 1 is 1.47 bits per heavy atom. The third-order valence-electron chi connectivity index (χ3n) is 2.80. The van der Waals surface area contributed by atoms with Gasteiger partial charge in [-0.1, -0.05) is 25.1 Å². The van der Waals surface area contributed by atoms with Crippen molar-refractivity contribution in [1.29, 1.82) is 0 Å². The molecular formula is C13H15N3O. The molecule has 0 aromatic heterocycles. The number of nitrogens with two attached hydrogens (primary N) is 1. The highest BCUT2D eigenvalue weighted by Gasteiger charge is 2.18. The molecule has 0 fully saturated rings. The number of nitrogens with zero attached hydrogens (tertiary/aromatic N) is 1. The van der Waals surface area contributed by atoms with Gasteiger partial charge in [0, 0.05) is 23.7 Å². The smallest absolute Gasteiger partial charge is 0.226 e. The van der Waals surface area contributed by atoms with Crippen molar-refractivity contribution >= 4 is 17.8 Å². The summed E-state index contributed by atoms with van der Waals surface area (Å²) in [6.07, 6.45) is 4.16. The van der Waals surface area contributed by atoms with E-state index in [2.05, 4.69) is 10.3 Å². The van der Waals surface area contributed by atoms with Gasteiger partial charge in [0.15, 0.2) is 0 Å². The van der Waals surface area contributed by atoms with E-state index in [0.717, 1.165) is 11.3 Å². The highest BCUT2D eigenvalue weighted by atomic mass is 16.1.